The summed E-state index contributed by atoms with van der Waals surface area (Å²) in [6.45, 7) is -0.0196. The Morgan fingerprint density at radius 3 is 2.24 bits per heavy atom. The molecule has 0 saturated heterocycles. The summed E-state index contributed by atoms with van der Waals surface area (Å²) < 4.78 is 0. The number of oxime groups is 1. The lowest BCUT2D eigenvalue weighted by Gasteiger charge is -2.16. The van der Waals surface area contributed by atoms with Gasteiger partial charge in [-0.05, 0) is 41.7 Å². The third kappa shape index (κ3) is 8.23. The first-order valence-corrected chi connectivity index (χ1v) is 9.90. The number of aliphatic hydroxyl groups excluding tert-OH is 2. The van der Waals surface area contributed by atoms with E-state index in [4.69, 9.17) is 32.4 Å². The van der Waals surface area contributed by atoms with Crippen LogP contribution in [0.2, 0.25) is 5.02 Å². The molecule has 0 aliphatic rings. The highest BCUT2D eigenvalue weighted by atomic mass is 35.5. The summed E-state index contributed by atoms with van der Waals surface area (Å²) in [5, 5.41) is 22.4. The molecule has 0 spiro atoms. The van der Waals surface area contributed by atoms with Crippen molar-refractivity contribution in [3.05, 3.63) is 70.2 Å². The van der Waals surface area contributed by atoms with Crippen LogP contribution in [0.1, 0.15) is 23.1 Å². The number of Topliss-reactive ketones (excluding diaryl/α,β-unsaturated/α-hetero) is 1. The van der Waals surface area contributed by atoms with Crippen molar-refractivity contribution in [3.8, 4) is 0 Å². The molecule has 0 amide bonds. The van der Waals surface area contributed by atoms with Crippen LogP contribution < -0.4 is 5.73 Å². The number of hydrogen-bond acceptors (Lipinski definition) is 5. The van der Waals surface area contributed by atoms with Gasteiger partial charge in [-0.2, -0.15) is 0 Å². The average Bonchev–Trinajstić information content (AvgIpc) is 2.71. The summed E-state index contributed by atoms with van der Waals surface area (Å²) in [6, 6.07) is 15.0. The molecule has 6 nitrogen and oxygen atoms in total. The molecule has 0 aromatic heterocycles. The highest BCUT2D eigenvalue weighted by molar-refractivity contribution is 6.30. The van der Waals surface area contributed by atoms with Crippen LogP contribution in [-0.4, -0.2) is 41.7 Å². The monoisotopic (exact) mass is 418 g/mol. The number of amidine groups is 1. The number of rotatable bonds is 12. The highest BCUT2D eigenvalue weighted by Gasteiger charge is 2.20. The Balaban J connectivity index is 2.07. The average molecular weight is 419 g/mol. The number of halogens is 1. The molecule has 0 aliphatic carbocycles. The van der Waals surface area contributed by atoms with Crippen LogP contribution in [-0.2, 0) is 28.9 Å². The van der Waals surface area contributed by atoms with Gasteiger partial charge in [-0.3, -0.25) is 4.79 Å². The maximum absolute atomic E-state index is 12.6. The van der Waals surface area contributed by atoms with Gasteiger partial charge in [0, 0.05) is 30.4 Å². The second kappa shape index (κ2) is 12.2. The molecule has 0 bridgehead atoms. The first-order valence-electron chi connectivity index (χ1n) is 9.52. The molecule has 2 rings (SSSR count). The van der Waals surface area contributed by atoms with E-state index in [1.807, 2.05) is 36.4 Å². The SMILES string of the molecule is N/C(=N\OCCO)[C@@H](CC(=O)Cc1ccc(Cl)cc1)Cc1ccc(CCO)cc1. The lowest BCUT2D eigenvalue weighted by molar-refractivity contribution is -0.118. The lowest BCUT2D eigenvalue weighted by Crippen LogP contribution is -2.29. The fourth-order valence-corrected chi connectivity index (χ4v) is 3.08. The predicted molar refractivity (Wildman–Crippen MR) is 114 cm³/mol. The largest absolute Gasteiger partial charge is 0.396 e. The van der Waals surface area contributed by atoms with Crippen molar-refractivity contribution in [2.45, 2.75) is 25.7 Å². The van der Waals surface area contributed by atoms with E-state index in [1.54, 1.807) is 12.1 Å². The van der Waals surface area contributed by atoms with Gasteiger partial charge in [0.2, 0.25) is 0 Å². The Labute approximate surface area is 175 Å². The maximum atomic E-state index is 12.6. The molecule has 0 heterocycles. The number of carbonyl (C=O) groups excluding carboxylic acids is 1. The van der Waals surface area contributed by atoms with Crippen LogP contribution in [0.25, 0.3) is 0 Å². The van der Waals surface area contributed by atoms with Gasteiger partial charge < -0.3 is 20.8 Å². The number of benzene rings is 2. The molecular weight excluding hydrogens is 392 g/mol. The van der Waals surface area contributed by atoms with Crippen LogP contribution in [0.3, 0.4) is 0 Å². The molecule has 1 atom stereocenters. The first kappa shape index (κ1) is 22.9. The zero-order valence-electron chi connectivity index (χ0n) is 16.3. The van der Waals surface area contributed by atoms with Crippen molar-refractivity contribution in [2.75, 3.05) is 19.8 Å². The van der Waals surface area contributed by atoms with Gasteiger partial charge in [-0.25, -0.2) is 0 Å². The number of nitrogens with two attached hydrogens (primary N) is 1. The lowest BCUT2D eigenvalue weighted by atomic mass is 9.91. The predicted octanol–water partition coefficient (Wildman–Crippen LogP) is 2.52. The highest BCUT2D eigenvalue weighted by Crippen LogP contribution is 2.17. The molecule has 4 N–H and O–H groups in total. The van der Waals surface area contributed by atoms with Crippen LogP contribution in [0, 0.1) is 5.92 Å². The first-order chi connectivity index (χ1) is 14.0. The smallest absolute Gasteiger partial charge is 0.143 e. The standard InChI is InChI=1S/C22H27ClN2O4/c23-20-7-5-18(6-8-20)14-21(28)15-19(22(24)25-29-12-11-27)13-17-3-1-16(2-4-17)9-10-26/h1-8,19,26-27H,9-15H2,(H2,24,25)/t19-/m1/s1. The number of carbonyl (C=O) groups is 1. The topological polar surface area (TPSA) is 105 Å². The van der Waals surface area contributed by atoms with Crippen molar-refractivity contribution in [3.63, 3.8) is 0 Å². The van der Waals surface area contributed by atoms with Crippen molar-refractivity contribution in [2.24, 2.45) is 16.8 Å². The minimum absolute atomic E-state index is 0.0366. The third-order valence-electron chi connectivity index (χ3n) is 4.46. The van der Waals surface area contributed by atoms with Gasteiger partial charge in [0.25, 0.3) is 0 Å². The maximum Gasteiger partial charge on any atom is 0.143 e. The Bertz CT molecular complexity index is 791. The molecule has 0 unspecified atom stereocenters. The molecule has 0 radical (unpaired) electrons. The fourth-order valence-electron chi connectivity index (χ4n) is 2.95. The Kier molecular flexibility index (Phi) is 9.64. The zero-order chi connectivity index (χ0) is 21.1. The molecular formula is C22H27ClN2O4. The summed E-state index contributed by atoms with van der Waals surface area (Å²) >= 11 is 5.89. The minimum atomic E-state index is -0.322. The van der Waals surface area contributed by atoms with E-state index in [9.17, 15) is 4.79 Å². The van der Waals surface area contributed by atoms with Crippen LogP contribution >= 0.6 is 11.6 Å². The Morgan fingerprint density at radius 2 is 1.62 bits per heavy atom. The van der Waals surface area contributed by atoms with Crippen molar-refractivity contribution < 1.29 is 19.8 Å². The van der Waals surface area contributed by atoms with E-state index in [0.29, 0.717) is 17.9 Å². The summed E-state index contributed by atoms with van der Waals surface area (Å²) in [5.74, 6) is -0.0611. The van der Waals surface area contributed by atoms with Crippen LogP contribution in [0.15, 0.2) is 53.7 Å². The normalized spacial score (nSPS) is 12.6. The van der Waals surface area contributed by atoms with Gasteiger partial charge in [-0.1, -0.05) is 53.2 Å². The second-order valence-electron chi connectivity index (χ2n) is 6.81. The summed E-state index contributed by atoms with van der Waals surface area (Å²) in [7, 11) is 0. The Morgan fingerprint density at radius 1 is 1.00 bits per heavy atom. The van der Waals surface area contributed by atoms with E-state index in [2.05, 4.69) is 5.16 Å². The van der Waals surface area contributed by atoms with Crippen LogP contribution in [0.4, 0.5) is 0 Å². The van der Waals surface area contributed by atoms with Crippen molar-refractivity contribution >= 4 is 23.2 Å². The van der Waals surface area contributed by atoms with Gasteiger partial charge >= 0.3 is 0 Å². The summed E-state index contributed by atoms with van der Waals surface area (Å²) in [5.41, 5.74) is 9.03. The molecule has 0 saturated carbocycles. The number of ketones is 1. The molecule has 7 heteroatoms. The molecule has 0 fully saturated rings. The third-order valence-corrected chi connectivity index (χ3v) is 4.72. The minimum Gasteiger partial charge on any atom is -0.396 e. The summed E-state index contributed by atoms with van der Waals surface area (Å²) in [4.78, 5) is 17.6. The van der Waals surface area contributed by atoms with Crippen molar-refractivity contribution in [1.29, 1.82) is 0 Å². The van der Waals surface area contributed by atoms with E-state index in [0.717, 1.165) is 16.7 Å². The van der Waals surface area contributed by atoms with Gasteiger partial charge in [0.1, 0.15) is 18.2 Å². The van der Waals surface area contributed by atoms with Gasteiger partial charge in [0.05, 0.1) is 6.61 Å². The Hall–Kier alpha value is -2.41. The quantitative estimate of drug-likeness (QED) is 0.212. The van der Waals surface area contributed by atoms with E-state index < -0.39 is 0 Å². The van der Waals surface area contributed by atoms with Crippen LogP contribution in [0.5, 0.6) is 0 Å². The molecule has 2 aromatic rings. The van der Waals surface area contributed by atoms with E-state index in [-0.39, 0.29) is 50.2 Å². The van der Waals surface area contributed by atoms with E-state index >= 15 is 0 Å². The molecule has 0 aliphatic heterocycles. The second-order valence-corrected chi connectivity index (χ2v) is 7.25. The molecule has 156 valence electrons. The fraction of sp³-hybridized carbons (Fsp3) is 0.364. The zero-order valence-corrected chi connectivity index (χ0v) is 17.0. The van der Waals surface area contributed by atoms with E-state index in [1.165, 1.54) is 0 Å². The van der Waals surface area contributed by atoms with Crippen molar-refractivity contribution in [1.82, 2.24) is 0 Å². The number of hydrogen-bond donors (Lipinski definition) is 3. The van der Waals surface area contributed by atoms with Gasteiger partial charge in [-0.15, -0.1) is 0 Å². The molecule has 2 aromatic carbocycles. The number of nitrogens with zero attached hydrogens (tertiary/aromatic N) is 1. The van der Waals surface area contributed by atoms with Gasteiger partial charge in [0.15, 0.2) is 0 Å². The summed E-state index contributed by atoms with van der Waals surface area (Å²) in [6.07, 6.45) is 1.64. The number of aliphatic hydroxyl groups is 2. The molecule has 29 heavy (non-hydrogen) atoms.